The molecule has 2 aromatic heterocycles. The third kappa shape index (κ3) is 2.88. The van der Waals surface area contributed by atoms with Crippen molar-refractivity contribution < 1.29 is 4.79 Å². The van der Waals surface area contributed by atoms with Crippen LogP contribution in [-0.2, 0) is 0 Å². The highest BCUT2D eigenvalue weighted by Crippen LogP contribution is 2.23. The maximum absolute atomic E-state index is 12.6. The van der Waals surface area contributed by atoms with E-state index in [0.29, 0.717) is 11.4 Å². The molecule has 0 bridgehead atoms. The fourth-order valence-electron chi connectivity index (χ4n) is 2.80. The molecule has 116 valence electrons. The molecular weight excluding hydrogens is 286 g/mol. The van der Waals surface area contributed by atoms with Crippen molar-refractivity contribution in [2.24, 2.45) is 0 Å². The number of amides is 1. The summed E-state index contributed by atoms with van der Waals surface area (Å²) in [5, 5.41) is 2.84. The quantitative estimate of drug-likeness (QED) is 0.793. The molecule has 2 heterocycles. The monoisotopic (exact) mass is 305 g/mol. The lowest BCUT2D eigenvalue weighted by Gasteiger charge is -2.12. The molecule has 0 atom stereocenters. The molecule has 3 aromatic rings. The first-order valence-corrected chi connectivity index (χ1v) is 7.55. The van der Waals surface area contributed by atoms with Crippen molar-refractivity contribution in [3.8, 4) is 5.69 Å². The molecule has 0 aliphatic carbocycles. The second kappa shape index (κ2) is 6.08. The van der Waals surface area contributed by atoms with Gasteiger partial charge >= 0.3 is 0 Å². The molecule has 1 aromatic carbocycles. The van der Waals surface area contributed by atoms with Gasteiger partial charge in [-0.25, -0.2) is 4.98 Å². The van der Waals surface area contributed by atoms with Gasteiger partial charge in [-0.15, -0.1) is 0 Å². The van der Waals surface area contributed by atoms with E-state index < -0.39 is 0 Å². The predicted molar refractivity (Wildman–Crippen MR) is 92.2 cm³/mol. The SMILES string of the molecule is Cc1ccccc1-n1c(C)cc(C(=O)Nc2ccccn2)c1C. The van der Waals surface area contributed by atoms with Crippen LogP contribution in [0, 0.1) is 20.8 Å². The minimum Gasteiger partial charge on any atom is -0.317 e. The Balaban J connectivity index is 1.98. The topological polar surface area (TPSA) is 46.9 Å². The normalized spacial score (nSPS) is 10.6. The first-order chi connectivity index (χ1) is 11.1. The highest BCUT2D eigenvalue weighted by Gasteiger charge is 2.17. The van der Waals surface area contributed by atoms with Gasteiger partial charge in [0.2, 0.25) is 0 Å². The number of para-hydroxylation sites is 1. The van der Waals surface area contributed by atoms with Gasteiger partial charge in [0.05, 0.1) is 5.56 Å². The lowest BCUT2D eigenvalue weighted by atomic mass is 10.2. The van der Waals surface area contributed by atoms with Crippen LogP contribution in [0.5, 0.6) is 0 Å². The molecule has 1 amide bonds. The van der Waals surface area contributed by atoms with E-state index >= 15 is 0 Å². The lowest BCUT2D eigenvalue weighted by Crippen LogP contribution is -2.14. The molecule has 0 radical (unpaired) electrons. The maximum atomic E-state index is 12.6. The highest BCUT2D eigenvalue weighted by atomic mass is 16.1. The third-order valence-corrected chi connectivity index (χ3v) is 3.94. The Morgan fingerprint density at radius 3 is 2.48 bits per heavy atom. The van der Waals surface area contributed by atoms with Gasteiger partial charge in [-0.1, -0.05) is 24.3 Å². The minimum atomic E-state index is -0.142. The van der Waals surface area contributed by atoms with Gasteiger partial charge in [0.25, 0.3) is 5.91 Å². The number of anilines is 1. The van der Waals surface area contributed by atoms with Gasteiger partial charge in [-0.3, -0.25) is 4.79 Å². The molecule has 0 fully saturated rings. The fraction of sp³-hybridized carbons (Fsp3) is 0.158. The average Bonchev–Trinajstić information content (AvgIpc) is 2.84. The first-order valence-electron chi connectivity index (χ1n) is 7.55. The van der Waals surface area contributed by atoms with Crippen LogP contribution >= 0.6 is 0 Å². The van der Waals surface area contributed by atoms with E-state index in [2.05, 4.69) is 33.9 Å². The Bertz CT molecular complexity index is 850. The van der Waals surface area contributed by atoms with Crippen molar-refractivity contribution in [1.82, 2.24) is 9.55 Å². The molecule has 23 heavy (non-hydrogen) atoms. The Hall–Kier alpha value is -2.88. The van der Waals surface area contributed by atoms with E-state index in [0.717, 1.165) is 17.1 Å². The van der Waals surface area contributed by atoms with Gasteiger partial charge in [0, 0.05) is 23.3 Å². The summed E-state index contributed by atoms with van der Waals surface area (Å²) in [6.45, 7) is 6.05. The number of benzene rings is 1. The maximum Gasteiger partial charge on any atom is 0.258 e. The Morgan fingerprint density at radius 2 is 1.78 bits per heavy atom. The molecule has 0 saturated carbocycles. The molecule has 0 unspecified atom stereocenters. The van der Waals surface area contributed by atoms with Gasteiger partial charge in [-0.2, -0.15) is 0 Å². The van der Waals surface area contributed by atoms with Crippen LogP contribution in [0.4, 0.5) is 5.82 Å². The zero-order valence-corrected chi connectivity index (χ0v) is 13.5. The molecule has 4 nitrogen and oxygen atoms in total. The molecule has 0 aliphatic heterocycles. The molecule has 0 spiro atoms. The number of hydrogen-bond donors (Lipinski definition) is 1. The summed E-state index contributed by atoms with van der Waals surface area (Å²) in [5.74, 6) is 0.412. The van der Waals surface area contributed by atoms with Crippen molar-refractivity contribution in [1.29, 1.82) is 0 Å². The van der Waals surface area contributed by atoms with Crippen molar-refractivity contribution in [2.75, 3.05) is 5.32 Å². The zero-order chi connectivity index (χ0) is 16.4. The number of hydrogen-bond acceptors (Lipinski definition) is 2. The van der Waals surface area contributed by atoms with E-state index in [9.17, 15) is 4.79 Å². The standard InChI is InChI=1S/C19H19N3O/c1-13-8-4-5-9-17(13)22-14(2)12-16(15(22)3)19(23)21-18-10-6-7-11-20-18/h4-12H,1-3H3,(H,20,21,23). The average molecular weight is 305 g/mol. The number of nitrogens with one attached hydrogen (secondary N) is 1. The van der Waals surface area contributed by atoms with Crippen LogP contribution in [0.1, 0.15) is 27.3 Å². The molecular formula is C19H19N3O. The van der Waals surface area contributed by atoms with Crippen molar-refractivity contribution in [3.63, 3.8) is 0 Å². The number of aromatic nitrogens is 2. The van der Waals surface area contributed by atoms with E-state index in [4.69, 9.17) is 0 Å². The Morgan fingerprint density at radius 1 is 1.04 bits per heavy atom. The van der Waals surface area contributed by atoms with Crippen LogP contribution in [0.2, 0.25) is 0 Å². The largest absolute Gasteiger partial charge is 0.317 e. The summed E-state index contributed by atoms with van der Waals surface area (Å²) in [7, 11) is 0. The molecule has 3 rings (SSSR count). The van der Waals surface area contributed by atoms with Crippen molar-refractivity contribution in [2.45, 2.75) is 20.8 Å². The first kappa shape index (κ1) is 15.0. The number of carbonyl (C=O) groups excluding carboxylic acids is 1. The second-order valence-electron chi connectivity index (χ2n) is 5.58. The number of pyridine rings is 1. The number of rotatable bonds is 3. The minimum absolute atomic E-state index is 0.142. The van der Waals surface area contributed by atoms with Crippen LogP contribution in [0.3, 0.4) is 0 Å². The molecule has 1 N–H and O–H groups in total. The van der Waals surface area contributed by atoms with Crippen LogP contribution in [0.25, 0.3) is 5.69 Å². The van der Waals surface area contributed by atoms with Crippen LogP contribution in [0.15, 0.2) is 54.7 Å². The smallest absolute Gasteiger partial charge is 0.258 e. The summed E-state index contributed by atoms with van der Waals surface area (Å²) in [4.78, 5) is 16.7. The van der Waals surface area contributed by atoms with Crippen LogP contribution in [-0.4, -0.2) is 15.5 Å². The Kier molecular flexibility index (Phi) is 3.98. The fourth-order valence-corrected chi connectivity index (χ4v) is 2.80. The predicted octanol–water partition coefficient (Wildman–Crippen LogP) is 4.05. The summed E-state index contributed by atoms with van der Waals surface area (Å²) < 4.78 is 2.11. The van der Waals surface area contributed by atoms with E-state index in [1.807, 2.05) is 44.2 Å². The summed E-state index contributed by atoms with van der Waals surface area (Å²) in [6, 6.07) is 15.5. The van der Waals surface area contributed by atoms with Crippen LogP contribution < -0.4 is 5.32 Å². The number of aryl methyl sites for hydroxylation is 2. The summed E-state index contributed by atoms with van der Waals surface area (Å²) in [5.41, 5.74) is 4.88. The summed E-state index contributed by atoms with van der Waals surface area (Å²) in [6.07, 6.45) is 1.66. The summed E-state index contributed by atoms with van der Waals surface area (Å²) >= 11 is 0. The highest BCUT2D eigenvalue weighted by molar-refractivity contribution is 6.05. The van der Waals surface area contributed by atoms with Gasteiger partial charge in [-0.05, 0) is 50.6 Å². The van der Waals surface area contributed by atoms with Crippen molar-refractivity contribution in [3.05, 3.63) is 77.2 Å². The Labute approximate surface area is 135 Å². The van der Waals surface area contributed by atoms with Gasteiger partial charge in [0.15, 0.2) is 0 Å². The molecule has 4 heteroatoms. The van der Waals surface area contributed by atoms with Gasteiger partial charge < -0.3 is 9.88 Å². The lowest BCUT2D eigenvalue weighted by molar-refractivity contribution is 0.102. The van der Waals surface area contributed by atoms with E-state index in [-0.39, 0.29) is 5.91 Å². The zero-order valence-electron chi connectivity index (χ0n) is 13.5. The third-order valence-electron chi connectivity index (χ3n) is 3.94. The number of carbonyl (C=O) groups is 1. The van der Waals surface area contributed by atoms with Gasteiger partial charge in [0.1, 0.15) is 5.82 Å². The van der Waals surface area contributed by atoms with E-state index in [1.165, 1.54) is 5.56 Å². The molecule has 0 aliphatic rings. The second-order valence-corrected chi connectivity index (χ2v) is 5.58. The van der Waals surface area contributed by atoms with Crippen molar-refractivity contribution >= 4 is 11.7 Å². The van der Waals surface area contributed by atoms with E-state index in [1.54, 1.807) is 12.3 Å². The number of nitrogens with zero attached hydrogens (tertiary/aromatic N) is 2. The molecule has 0 saturated heterocycles.